The van der Waals surface area contributed by atoms with Gasteiger partial charge in [-0.2, -0.15) is 0 Å². The predicted molar refractivity (Wildman–Crippen MR) is 69.2 cm³/mol. The number of Topliss-reactive ketones (excluding diaryl/α,β-unsaturated/α-hetero) is 1. The van der Waals surface area contributed by atoms with E-state index in [0.717, 1.165) is 0 Å². The van der Waals surface area contributed by atoms with E-state index in [-0.39, 0.29) is 11.2 Å². The second-order valence-corrected chi connectivity index (χ2v) is 5.33. The van der Waals surface area contributed by atoms with Gasteiger partial charge in [-0.1, -0.05) is 13.8 Å². The number of hydrogen-bond donors (Lipinski definition) is 1. The average molecular weight is 249 g/mol. The lowest BCUT2D eigenvalue weighted by molar-refractivity contribution is 0.0933. The van der Waals surface area contributed by atoms with E-state index in [9.17, 15) is 4.79 Å². The van der Waals surface area contributed by atoms with Crippen LogP contribution >= 0.6 is 0 Å². The number of benzene rings is 1. The van der Waals surface area contributed by atoms with Gasteiger partial charge in [0.1, 0.15) is 13.2 Å². The summed E-state index contributed by atoms with van der Waals surface area (Å²) >= 11 is 0. The Morgan fingerprint density at radius 3 is 2.61 bits per heavy atom. The lowest BCUT2D eigenvalue weighted by atomic mass is 9.86. The van der Waals surface area contributed by atoms with E-state index in [1.165, 1.54) is 0 Å². The zero-order valence-corrected chi connectivity index (χ0v) is 10.9. The Morgan fingerprint density at radius 1 is 1.28 bits per heavy atom. The molecule has 0 fully saturated rings. The highest BCUT2D eigenvalue weighted by Gasteiger charge is 2.22. The van der Waals surface area contributed by atoms with Crippen molar-refractivity contribution >= 4 is 5.78 Å². The maximum atomic E-state index is 12.2. The molecular weight excluding hydrogens is 230 g/mol. The van der Waals surface area contributed by atoms with Crippen molar-refractivity contribution in [3.8, 4) is 11.5 Å². The molecule has 2 rings (SSSR count). The molecule has 18 heavy (non-hydrogen) atoms. The Kier molecular flexibility index (Phi) is 3.57. The summed E-state index contributed by atoms with van der Waals surface area (Å²) in [6.07, 6.45) is 0.434. The van der Waals surface area contributed by atoms with Crippen molar-refractivity contribution < 1.29 is 14.3 Å². The van der Waals surface area contributed by atoms with Crippen molar-refractivity contribution in [2.24, 2.45) is 11.1 Å². The lowest BCUT2D eigenvalue weighted by Crippen LogP contribution is -2.26. The van der Waals surface area contributed by atoms with E-state index in [0.29, 0.717) is 43.2 Å². The van der Waals surface area contributed by atoms with Crippen molar-refractivity contribution in [1.29, 1.82) is 0 Å². The lowest BCUT2D eigenvalue weighted by Gasteiger charge is -2.22. The van der Waals surface area contributed by atoms with Crippen LogP contribution in [-0.4, -0.2) is 25.5 Å². The highest BCUT2D eigenvalue weighted by atomic mass is 16.6. The monoisotopic (exact) mass is 249 g/mol. The Balaban J connectivity index is 2.16. The summed E-state index contributed by atoms with van der Waals surface area (Å²) in [4.78, 5) is 12.2. The quantitative estimate of drug-likeness (QED) is 0.829. The number of carbonyl (C=O) groups is 1. The van der Waals surface area contributed by atoms with E-state index in [2.05, 4.69) is 0 Å². The van der Waals surface area contributed by atoms with Crippen LogP contribution in [0, 0.1) is 5.41 Å². The van der Waals surface area contributed by atoms with Crippen LogP contribution in [0.4, 0.5) is 0 Å². The first-order valence-corrected chi connectivity index (χ1v) is 6.15. The fourth-order valence-electron chi connectivity index (χ4n) is 1.83. The molecule has 0 atom stereocenters. The van der Waals surface area contributed by atoms with Gasteiger partial charge in [0.25, 0.3) is 0 Å². The average Bonchev–Trinajstić information content (AvgIpc) is 2.37. The number of nitrogens with two attached hydrogens (primary N) is 1. The van der Waals surface area contributed by atoms with Gasteiger partial charge in [0.15, 0.2) is 17.3 Å². The van der Waals surface area contributed by atoms with Gasteiger partial charge in [-0.25, -0.2) is 0 Å². The molecule has 2 N–H and O–H groups in total. The Labute approximate surface area is 107 Å². The van der Waals surface area contributed by atoms with Gasteiger partial charge in [0.05, 0.1) is 0 Å². The summed E-state index contributed by atoms with van der Waals surface area (Å²) in [5.74, 6) is 1.44. The number of fused-ring (bicyclic) bond motifs is 1. The van der Waals surface area contributed by atoms with Gasteiger partial charge >= 0.3 is 0 Å². The molecule has 0 bridgehead atoms. The Morgan fingerprint density at radius 2 is 1.94 bits per heavy atom. The first-order chi connectivity index (χ1) is 8.52. The number of rotatable bonds is 4. The summed E-state index contributed by atoms with van der Waals surface area (Å²) in [6, 6.07) is 5.32. The molecule has 0 unspecified atom stereocenters. The topological polar surface area (TPSA) is 61.6 Å². The normalized spacial score (nSPS) is 14.4. The van der Waals surface area contributed by atoms with Gasteiger partial charge in [0.2, 0.25) is 0 Å². The number of carbonyl (C=O) groups excluding carboxylic acids is 1. The summed E-state index contributed by atoms with van der Waals surface area (Å²) in [6.45, 7) is 5.55. The van der Waals surface area contributed by atoms with Crippen LogP contribution in [-0.2, 0) is 0 Å². The van der Waals surface area contributed by atoms with Gasteiger partial charge < -0.3 is 15.2 Å². The third kappa shape index (κ3) is 2.82. The molecule has 1 aromatic carbocycles. The van der Waals surface area contributed by atoms with Crippen molar-refractivity contribution in [1.82, 2.24) is 0 Å². The molecule has 1 aromatic rings. The molecule has 1 aliphatic heterocycles. The smallest absolute Gasteiger partial charge is 0.163 e. The molecule has 0 radical (unpaired) electrons. The van der Waals surface area contributed by atoms with Gasteiger partial charge in [0, 0.05) is 12.0 Å². The third-order valence-electron chi connectivity index (χ3n) is 3.06. The molecule has 1 aliphatic rings. The van der Waals surface area contributed by atoms with Crippen molar-refractivity contribution in [2.45, 2.75) is 20.3 Å². The molecule has 1 heterocycles. The van der Waals surface area contributed by atoms with Gasteiger partial charge in [-0.05, 0) is 30.2 Å². The molecule has 0 aliphatic carbocycles. The number of ketones is 1. The molecule has 4 nitrogen and oxygen atoms in total. The minimum Gasteiger partial charge on any atom is -0.486 e. The third-order valence-corrected chi connectivity index (χ3v) is 3.06. The summed E-state index contributed by atoms with van der Waals surface area (Å²) in [5.41, 5.74) is 6.12. The highest BCUT2D eigenvalue weighted by Crippen LogP contribution is 2.32. The largest absolute Gasteiger partial charge is 0.486 e. The Hall–Kier alpha value is -1.55. The maximum Gasteiger partial charge on any atom is 0.163 e. The molecule has 0 saturated carbocycles. The number of ether oxygens (including phenoxy) is 2. The first kappa shape index (κ1) is 12.9. The summed E-state index contributed by atoms with van der Waals surface area (Å²) in [7, 11) is 0. The molecular formula is C14H19NO3. The maximum absolute atomic E-state index is 12.2. The molecule has 0 spiro atoms. The van der Waals surface area contributed by atoms with E-state index >= 15 is 0 Å². The fourth-order valence-corrected chi connectivity index (χ4v) is 1.83. The summed E-state index contributed by atoms with van der Waals surface area (Å²) in [5, 5.41) is 0. The predicted octanol–water partition coefficient (Wildman–Crippen LogP) is 2.02. The van der Waals surface area contributed by atoms with E-state index < -0.39 is 0 Å². The summed E-state index contributed by atoms with van der Waals surface area (Å²) < 4.78 is 10.9. The van der Waals surface area contributed by atoms with Crippen LogP contribution in [0.25, 0.3) is 0 Å². The van der Waals surface area contributed by atoms with E-state index in [4.69, 9.17) is 15.2 Å². The molecule has 0 aromatic heterocycles. The highest BCUT2D eigenvalue weighted by molar-refractivity contribution is 5.97. The van der Waals surface area contributed by atoms with Crippen LogP contribution in [0.3, 0.4) is 0 Å². The molecule has 98 valence electrons. The van der Waals surface area contributed by atoms with Crippen LogP contribution in [0.5, 0.6) is 11.5 Å². The second kappa shape index (κ2) is 4.98. The zero-order chi connectivity index (χ0) is 13.2. The van der Waals surface area contributed by atoms with Crippen LogP contribution in [0.2, 0.25) is 0 Å². The Bertz CT molecular complexity index is 454. The van der Waals surface area contributed by atoms with Crippen molar-refractivity contribution in [2.75, 3.05) is 19.8 Å². The van der Waals surface area contributed by atoms with E-state index in [1.807, 2.05) is 13.8 Å². The molecule has 4 heteroatoms. The second-order valence-electron chi connectivity index (χ2n) is 5.33. The van der Waals surface area contributed by atoms with Gasteiger partial charge in [-0.3, -0.25) is 4.79 Å². The standard InChI is InChI=1S/C14H19NO3/c1-14(2,9-15)8-11(16)10-3-4-12-13(7-10)18-6-5-17-12/h3-4,7H,5-6,8-9,15H2,1-2H3. The minimum absolute atomic E-state index is 0.0856. The molecule has 0 amide bonds. The van der Waals surface area contributed by atoms with E-state index in [1.54, 1.807) is 18.2 Å². The van der Waals surface area contributed by atoms with Crippen LogP contribution in [0.1, 0.15) is 30.6 Å². The van der Waals surface area contributed by atoms with Crippen molar-refractivity contribution in [3.05, 3.63) is 23.8 Å². The minimum atomic E-state index is -0.176. The first-order valence-electron chi connectivity index (χ1n) is 6.15. The molecule has 0 saturated heterocycles. The van der Waals surface area contributed by atoms with Gasteiger partial charge in [-0.15, -0.1) is 0 Å². The fraction of sp³-hybridized carbons (Fsp3) is 0.500. The van der Waals surface area contributed by atoms with Crippen LogP contribution < -0.4 is 15.2 Å². The zero-order valence-electron chi connectivity index (χ0n) is 10.9. The SMILES string of the molecule is CC(C)(CN)CC(=O)c1ccc2c(c1)OCCO2. The van der Waals surface area contributed by atoms with Crippen molar-refractivity contribution in [3.63, 3.8) is 0 Å². The van der Waals surface area contributed by atoms with Crippen LogP contribution in [0.15, 0.2) is 18.2 Å². The number of hydrogen-bond acceptors (Lipinski definition) is 4.